The third-order valence-electron chi connectivity index (χ3n) is 12.5. The Kier molecular flexibility index (Phi) is 15.8. The van der Waals surface area contributed by atoms with E-state index in [1.165, 1.54) is 155 Å². The lowest BCUT2D eigenvalue weighted by molar-refractivity contribution is 0.250. The normalized spacial score (nSPS) is 18.6. The van der Waals surface area contributed by atoms with Crippen LogP contribution in [0.25, 0.3) is 0 Å². The van der Waals surface area contributed by atoms with Crippen LogP contribution in [0.15, 0.2) is 97.1 Å². The van der Waals surface area contributed by atoms with Crippen LogP contribution >= 0.6 is 0 Å². The van der Waals surface area contributed by atoms with Crippen molar-refractivity contribution in [2.75, 3.05) is 11.5 Å². The van der Waals surface area contributed by atoms with Gasteiger partial charge in [0.1, 0.15) is 0 Å². The van der Waals surface area contributed by atoms with Crippen LogP contribution in [0, 0.1) is 5.92 Å². The predicted octanol–water partition coefficient (Wildman–Crippen LogP) is 14.5. The van der Waals surface area contributed by atoms with Crippen molar-refractivity contribution in [2.45, 2.75) is 160 Å². The number of hydrogen-bond acceptors (Lipinski definition) is 2. The lowest BCUT2D eigenvalue weighted by atomic mass is 9.62. The van der Waals surface area contributed by atoms with Gasteiger partial charge in [0, 0.05) is 28.6 Å². The molecule has 0 heterocycles. The topological polar surface area (TPSA) is 52.0 Å². The first kappa shape index (κ1) is 39.7. The largest absolute Gasteiger partial charge is 0.399 e. The summed E-state index contributed by atoms with van der Waals surface area (Å²) < 4.78 is 0. The summed E-state index contributed by atoms with van der Waals surface area (Å²) in [6.45, 7) is 6.90. The molecule has 0 amide bonds. The highest BCUT2D eigenvalue weighted by Gasteiger charge is 2.38. The van der Waals surface area contributed by atoms with Gasteiger partial charge in [-0.1, -0.05) is 177 Å². The molecule has 4 N–H and O–H groups in total. The van der Waals surface area contributed by atoms with Gasteiger partial charge in [-0.25, -0.2) is 0 Å². The molecule has 4 aromatic carbocycles. The molecule has 4 aromatic rings. The van der Waals surface area contributed by atoms with Crippen LogP contribution in [-0.4, -0.2) is 0 Å². The van der Waals surface area contributed by atoms with Crippen molar-refractivity contribution in [3.05, 3.63) is 130 Å². The summed E-state index contributed by atoms with van der Waals surface area (Å²) in [5.74, 6) is 1.67. The fraction of sp³-hybridized carbons (Fsp3) is 0.520. The molecular formula is C50H70N2. The molecule has 0 saturated heterocycles. The second kappa shape index (κ2) is 20.6. The molecule has 2 atom stereocenters. The smallest absolute Gasteiger partial charge is 0.0314 e. The second-order valence-corrected chi connectivity index (χ2v) is 16.3. The maximum absolute atomic E-state index is 6.09. The van der Waals surface area contributed by atoms with Gasteiger partial charge in [0.15, 0.2) is 0 Å². The Morgan fingerprint density at radius 1 is 0.462 bits per heavy atom. The van der Waals surface area contributed by atoms with E-state index in [1.54, 1.807) is 0 Å². The highest BCUT2D eigenvalue weighted by molar-refractivity contribution is 5.47. The highest BCUT2D eigenvalue weighted by Crippen LogP contribution is 2.48. The number of anilines is 2. The molecule has 1 aliphatic rings. The molecule has 0 spiro atoms. The molecule has 1 aliphatic carbocycles. The molecular weight excluding hydrogens is 629 g/mol. The van der Waals surface area contributed by atoms with Gasteiger partial charge in [-0.2, -0.15) is 0 Å². The molecule has 280 valence electrons. The van der Waals surface area contributed by atoms with E-state index in [9.17, 15) is 0 Å². The summed E-state index contributed by atoms with van der Waals surface area (Å²) in [4.78, 5) is 0. The minimum Gasteiger partial charge on any atom is -0.399 e. The quantitative estimate of drug-likeness (QED) is 0.0672. The van der Waals surface area contributed by atoms with E-state index in [1.807, 2.05) is 0 Å². The van der Waals surface area contributed by atoms with Crippen molar-refractivity contribution in [2.24, 2.45) is 5.92 Å². The molecule has 2 heteroatoms. The number of nitrogens with two attached hydrogens (primary N) is 2. The number of benzene rings is 4. The molecule has 1 saturated carbocycles. The van der Waals surface area contributed by atoms with Crippen molar-refractivity contribution in [1.82, 2.24) is 0 Å². The van der Waals surface area contributed by atoms with E-state index in [0.29, 0.717) is 11.8 Å². The van der Waals surface area contributed by atoms with Gasteiger partial charge in [-0.3, -0.25) is 0 Å². The SMILES string of the molecule is CCCCCCCCCCC1CCC(c2ccc(C(CCCC)c3ccc(N)cc3)cc2)(c2ccc(C(CCCC)c3ccc(N)cc3)cc2)CC1. The zero-order chi connectivity index (χ0) is 36.6. The van der Waals surface area contributed by atoms with Gasteiger partial charge in [0.05, 0.1) is 0 Å². The van der Waals surface area contributed by atoms with Crippen molar-refractivity contribution >= 4 is 11.4 Å². The molecule has 0 aliphatic heterocycles. The summed E-state index contributed by atoms with van der Waals surface area (Å²) in [5, 5.41) is 0. The first-order valence-corrected chi connectivity index (χ1v) is 21.4. The molecule has 5 rings (SSSR count). The minimum atomic E-state index is 0.0626. The number of hydrogen-bond donors (Lipinski definition) is 2. The molecule has 1 fully saturated rings. The van der Waals surface area contributed by atoms with Crippen LogP contribution in [0.5, 0.6) is 0 Å². The average molecular weight is 699 g/mol. The van der Waals surface area contributed by atoms with E-state index < -0.39 is 0 Å². The van der Waals surface area contributed by atoms with Gasteiger partial charge < -0.3 is 11.5 Å². The zero-order valence-corrected chi connectivity index (χ0v) is 33.1. The summed E-state index contributed by atoms with van der Waals surface area (Å²) in [5.41, 5.74) is 22.5. The lowest BCUT2D eigenvalue weighted by Gasteiger charge is -2.42. The van der Waals surface area contributed by atoms with Crippen molar-refractivity contribution < 1.29 is 0 Å². The highest BCUT2D eigenvalue weighted by atomic mass is 14.5. The Morgan fingerprint density at radius 2 is 0.808 bits per heavy atom. The summed E-state index contributed by atoms with van der Waals surface area (Å²) >= 11 is 0. The van der Waals surface area contributed by atoms with E-state index in [0.717, 1.165) is 17.3 Å². The predicted molar refractivity (Wildman–Crippen MR) is 227 cm³/mol. The van der Waals surface area contributed by atoms with Crippen LogP contribution in [0.3, 0.4) is 0 Å². The monoisotopic (exact) mass is 699 g/mol. The molecule has 52 heavy (non-hydrogen) atoms. The molecule has 0 radical (unpaired) electrons. The van der Waals surface area contributed by atoms with Gasteiger partial charge in [-0.05, 0) is 102 Å². The number of unbranched alkanes of at least 4 members (excludes halogenated alkanes) is 9. The molecule has 2 unspecified atom stereocenters. The van der Waals surface area contributed by atoms with E-state index >= 15 is 0 Å². The first-order valence-electron chi connectivity index (χ1n) is 21.4. The zero-order valence-electron chi connectivity index (χ0n) is 33.1. The van der Waals surface area contributed by atoms with Crippen molar-refractivity contribution in [3.63, 3.8) is 0 Å². The third-order valence-corrected chi connectivity index (χ3v) is 12.5. The fourth-order valence-corrected chi connectivity index (χ4v) is 9.16. The van der Waals surface area contributed by atoms with E-state index in [4.69, 9.17) is 11.5 Å². The number of rotatable bonds is 21. The maximum atomic E-state index is 6.09. The maximum Gasteiger partial charge on any atom is 0.0314 e. The summed E-state index contributed by atoms with van der Waals surface area (Å²) in [6, 6.07) is 37.0. The molecule has 0 aromatic heterocycles. The average Bonchev–Trinajstić information content (AvgIpc) is 3.18. The van der Waals surface area contributed by atoms with Crippen LogP contribution in [0.1, 0.15) is 188 Å². The molecule has 0 bridgehead atoms. The summed E-state index contributed by atoms with van der Waals surface area (Å²) in [6.07, 6.45) is 25.0. The minimum absolute atomic E-state index is 0.0626. The molecule has 2 nitrogen and oxygen atoms in total. The Morgan fingerprint density at radius 3 is 1.19 bits per heavy atom. The number of nitrogen functional groups attached to an aromatic ring is 2. The Balaban J connectivity index is 1.38. The summed E-state index contributed by atoms with van der Waals surface area (Å²) in [7, 11) is 0. The van der Waals surface area contributed by atoms with Gasteiger partial charge in [0.2, 0.25) is 0 Å². The van der Waals surface area contributed by atoms with Crippen LogP contribution < -0.4 is 11.5 Å². The Hall–Kier alpha value is -3.52. The fourth-order valence-electron chi connectivity index (χ4n) is 9.16. The first-order chi connectivity index (χ1) is 25.5. The Labute approximate surface area is 318 Å². The standard InChI is InChI=1S/C50H70N2/c1-4-7-10-11-12-13-14-15-16-39-35-37-50(38-36-39,44-27-19-40(20-28-44)48(17-8-5-2)42-23-31-46(51)32-24-42)45-29-21-41(22-30-45)49(18-9-6-3)43-25-33-47(52)34-26-43/h19-34,39,48-49H,4-18,35-38,51-52H2,1-3H3. The van der Waals surface area contributed by atoms with Gasteiger partial charge >= 0.3 is 0 Å². The Bertz CT molecular complexity index is 1440. The third kappa shape index (κ3) is 10.8. The van der Waals surface area contributed by atoms with Crippen LogP contribution in [0.2, 0.25) is 0 Å². The van der Waals surface area contributed by atoms with E-state index in [2.05, 4.69) is 118 Å². The van der Waals surface area contributed by atoms with Gasteiger partial charge in [0.25, 0.3) is 0 Å². The van der Waals surface area contributed by atoms with Crippen molar-refractivity contribution in [3.8, 4) is 0 Å². The van der Waals surface area contributed by atoms with Crippen LogP contribution in [-0.2, 0) is 5.41 Å². The van der Waals surface area contributed by atoms with Gasteiger partial charge in [-0.15, -0.1) is 0 Å². The second-order valence-electron chi connectivity index (χ2n) is 16.3. The van der Waals surface area contributed by atoms with Crippen LogP contribution in [0.4, 0.5) is 11.4 Å². The lowest BCUT2D eigenvalue weighted by Crippen LogP contribution is -2.33. The van der Waals surface area contributed by atoms with E-state index in [-0.39, 0.29) is 5.41 Å². The van der Waals surface area contributed by atoms with Crippen molar-refractivity contribution in [1.29, 1.82) is 0 Å².